The van der Waals surface area contributed by atoms with E-state index in [0.29, 0.717) is 0 Å². The van der Waals surface area contributed by atoms with Crippen molar-refractivity contribution in [3.63, 3.8) is 0 Å². The molecule has 2 aromatic rings. The van der Waals surface area contributed by atoms with Crippen LogP contribution < -0.4 is 10.5 Å². The smallest absolute Gasteiger partial charge is 0.126 e. The lowest BCUT2D eigenvalue weighted by atomic mass is 9.90. The molecule has 0 spiro atoms. The molecule has 21 heavy (non-hydrogen) atoms. The number of hydrogen-bond donors (Lipinski definition) is 1. The summed E-state index contributed by atoms with van der Waals surface area (Å²) in [5.41, 5.74) is 10.3. The highest BCUT2D eigenvalue weighted by Crippen LogP contribution is 2.47. The van der Waals surface area contributed by atoms with Crippen molar-refractivity contribution in [1.29, 1.82) is 0 Å². The highest BCUT2D eigenvalue weighted by molar-refractivity contribution is 9.10. The monoisotopic (exact) mass is 343 g/mol. The van der Waals surface area contributed by atoms with Crippen LogP contribution in [0.5, 0.6) is 5.75 Å². The van der Waals surface area contributed by atoms with E-state index in [-0.39, 0.29) is 12.1 Å². The van der Waals surface area contributed by atoms with Gasteiger partial charge in [0.15, 0.2) is 0 Å². The van der Waals surface area contributed by atoms with Gasteiger partial charge in [-0.05, 0) is 42.0 Å². The summed E-state index contributed by atoms with van der Waals surface area (Å²) in [6.07, 6.45) is 3.52. The third kappa shape index (κ3) is 2.49. The highest BCUT2D eigenvalue weighted by Gasteiger charge is 2.32. The SMILES string of the molecule is N[C@@H]1CC(c2ccccc2C2CC2)Oc2cc(Br)ccc21. The maximum Gasteiger partial charge on any atom is 0.126 e. The molecule has 108 valence electrons. The van der Waals surface area contributed by atoms with Gasteiger partial charge in [0.2, 0.25) is 0 Å². The number of rotatable bonds is 2. The first-order valence-corrected chi connectivity index (χ1v) is 8.32. The van der Waals surface area contributed by atoms with Gasteiger partial charge in [-0.1, -0.05) is 46.3 Å². The number of halogens is 1. The third-order valence-electron chi connectivity index (χ3n) is 4.47. The number of nitrogens with two attached hydrogens (primary N) is 1. The molecule has 2 aliphatic rings. The Bertz CT molecular complexity index is 681. The Balaban J connectivity index is 1.72. The second-order valence-electron chi connectivity index (χ2n) is 6.03. The van der Waals surface area contributed by atoms with Gasteiger partial charge in [-0.15, -0.1) is 0 Å². The molecule has 0 radical (unpaired) electrons. The van der Waals surface area contributed by atoms with E-state index >= 15 is 0 Å². The van der Waals surface area contributed by atoms with Crippen molar-refractivity contribution in [2.75, 3.05) is 0 Å². The second-order valence-corrected chi connectivity index (χ2v) is 6.95. The lowest BCUT2D eigenvalue weighted by molar-refractivity contribution is 0.160. The van der Waals surface area contributed by atoms with Crippen LogP contribution in [0.15, 0.2) is 46.9 Å². The lowest BCUT2D eigenvalue weighted by Gasteiger charge is -2.31. The average Bonchev–Trinajstić information content (AvgIpc) is 3.31. The fraction of sp³-hybridized carbons (Fsp3) is 0.333. The largest absolute Gasteiger partial charge is 0.485 e. The summed E-state index contributed by atoms with van der Waals surface area (Å²) in [5.74, 6) is 1.64. The molecule has 3 heteroatoms. The summed E-state index contributed by atoms with van der Waals surface area (Å²) in [7, 11) is 0. The van der Waals surface area contributed by atoms with Gasteiger partial charge in [0.05, 0.1) is 0 Å². The van der Waals surface area contributed by atoms with Crippen molar-refractivity contribution < 1.29 is 4.74 Å². The zero-order valence-electron chi connectivity index (χ0n) is 11.8. The molecule has 1 fully saturated rings. The quantitative estimate of drug-likeness (QED) is 0.845. The molecule has 0 amide bonds. The van der Waals surface area contributed by atoms with Crippen molar-refractivity contribution in [3.8, 4) is 5.75 Å². The second kappa shape index (κ2) is 5.15. The van der Waals surface area contributed by atoms with Gasteiger partial charge < -0.3 is 10.5 Å². The zero-order valence-corrected chi connectivity index (χ0v) is 13.3. The first kappa shape index (κ1) is 13.4. The fourth-order valence-electron chi connectivity index (χ4n) is 3.24. The first-order valence-electron chi connectivity index (χ1n) is 7.53. The molecule has 0 bridgehead atoms. The summed E-state index contributed by atoms with van der Waals surface area (Å²) >= 11 is 3.51. The minimum atomic E-state index is 0.0408. The van der Waals surface area contributed by atoms with E-state index in [9.17, 15) is 0 Å². The average molecular weight is 344 g/mol. The van der Waals surface area contributed by atoms with Gasteiger partial charge in [-0.2, -0.15) is 0 Å². The van der Waals surface area contributed by atoms with Crippen LogP contribution in [-0.2, 0) is 0 Å². The van der Waals surface area contributed by atoms with Crippen molar-refractivity contribution in [1.82, 2.24) is 0 Å². The Kier molecular flexibility index (Phi) is 3.27. The summed E-state index contributed by atoms with van der Waals surface area (Å²) in [6, 6.07) is 14.8. The summed E-state index contributed by atoms with van der Waals surface area (Å²) in [4.78, 5) is 0. The maximum absolute atomic E-state index is 6.37. The minimum absolute atomic E-state index is 0.0408. The molecule has 1 aliphatic heterocycles. The molecule has 2 nitrogen and oxygen atoms in total. The molecule has 0 saturated heterocycles. The standard InChI is InChI=1S/C18H18BrNO/c19-12-7-8-15-16(20)10-18(21-17(15)9-12)14-4-2-1-3-13(14)11-5-6-11/h1-4,7-9,11,16,18H,5-6,10,20H2/t16-,18?/m1/s1. The van der Waals surface area contributed by atoms with Crippen molar-refractivity contribution in [3.05, 3.63) is 63.6 Å². The van der Waals surface area contributed by atoms with E-state index in [2.05, 4.69) is 46.3 Å². The van der Waals surface area contributed by atoms with Crippen LogP contribution in [0.1, 0.15) is 54.0 Å². The molecule has 2 aromatic carbocycles. The molecule has 2 atom stereocenters. The zero-order chi connectivity index (χ0) is 14.4. The lowest BCUT2D eigenvalue weighted by Crippen LogP contribution is -2.24. The van der Waals surface area contributed by atoms with E-state index in [4.69, 9.17) is 10.5 Å². The highest BCUT2D eigenvalue weighted by atomic mass is 79.9. The summed E-state index contributed by atoms with van der Waals surface area (Å²) in [5, 5.41) is 0. The Morgan fingerprint density at radius 1 is 1.00 bits per heavy atom. The van der Waals surface area contributed by atoms with Crippen LogP contribution in [-0.4, -0.2) is 0 Å². The number of benzene rings is 2. The van der Waals surface area contributed by atoms with E-state index in [1.165, 1.54) is 24.0 Å². The Morgan fingerprint density at radius 3 is 2.52 bits per heavy atom. The number of ether oxygens (including phenoxy) is 1. The Hall–Kier alpha value is -1.32. The normalized spacial score (nSPS) is 24.3. The molecular weight excluding hydrogens is 326 g/mol. The fourth-order valence-corrected chi connectivity index (χ4v) is 3.58. The van der Waals surface area contributed by atoms with Gasteiger partial charge in [0.25, 0.3) is 0 Å². The van der Waals surface area contributed by atoms with Gasteiger partial charge in [-0.25, -0.2) is 0 Å². The Labute approximate surface area is 133 Å². The van der Waals surface area contributed by atoms with Crippen LogP contribution >= 0.6 is 15.9 Å². The predicted octanol–water partition coefficient (Wildman–Crippen LogP) is 4.85. The molecular formula is C18H18BrNO. The van der Waals surface area contributed by atoms with Gasteiger partial charge in [-0.3, -0.25) is 0 Å². The van der Waals surface area contributed by atoms with Crippen LogP contribution in [0.4, 0.5) is 0 Å². The predicted molar refractivity (Wildman–Crippen MR) is 87.5 cm³/mol. The van der Waals surface area contributed by atoms with Crippen molar-refractivity contribution >= 4 is 15.9 Å². The van der Waals surface area contributed by atoms with E-state index in [1.807, 2.05) is 12.1 Å². The van der Waals surface area contributed by atoms with Crippen LogP contribution in [0.3, 0.4) is 0 Å². The third-order valence-corrected chi connectivity index (χ3v) is 4.97. The van der Waals surface area contributed by atoms with Crippen LogP contribution in [0.25, 0.3) is 0 Å². The topological polar surface area (TPSA) is 35.2 Å². The van der Waals surface area contributed by atoms with E-state index < -0.39 is 0 Å². The first-order chi connectivity index (χ1) is 10.2. The maximum atomic E-state index is 6.37. The molecule has 1 aliphatic carbocycles. The molecule has 2 N–H and O–H groups in total. The van der Waals surface area contributed by atoms with E-state index in [1.54, 1.807) is 0 Å². The van der Waals surface area contributed by atoms with Crippen LogP contribution in [0.2, 0.25) is 0 Å². The molecule has 1 heterocycles. The Morgan fingerprint density at radius 2 is 1.76 bits per heavy atom. The van der Waals surface area contributed by atoms with Gasteiger partial charge in [0, 0.05) is 22.5 Å². The number of fused-ring (bicyclic) bond motifs is 1. The molecule has 1 unspecified atom stereocenters. The minimum Gasteiger partial charge on any atom is -0.485 e. The van der Waals surface area contributed by atoms with Crippen molar-refractivity contribution in [2.24, 2.45) is 5.73 Å². The van der Waals surface area contributed by atoms with Gasteiger partial charge >= 0.3 is 0 Å². The number of hydrogen-bond acceptors (Lipinski definition) is 2. The van der Waals surface area contributed by atoms with Crippen LogP contribution in [0, 0.1) is 0 Å². The van der Waals surface area contributed by atoms with Crippen molar-refractivity contribution in [2.45, 2.75) is 37.3 Å². The van der Waals surface area contributed by atoms with E-state index in [0.717, 1.165) is 28.1 Å². The molecule has 4 rings (SSSR count). The van der Waals surface area contributed by atoms with Gasteiger partial charge in [0.1, 0.15) is 11.9 Å². The summed E-state index contributed by atoms with van der Waals surface area (Å²) in [6.45, 7) is 0. The molecule has 1 saturated carbocycles. The molecule has 0 aromatic heterocycles. The summed E-state index contributed by atoms with van der Waals surface area (Å²) < 4.78 is 7.31.